The summed E-state index contributed by atoms with van der Waals surface area (Å²) in [6.07, 6.45) is 2.13. The number of amides is 6. The number of hydrogen-bond acceptors (Lipinski definition) is 11. The Morgan fingerprint density at radius 1 is 0.824 bits per heavy atom. The summed E-state index contributed by atoms with van der Waals surface area (Å²) in [6.45, 7) is 43.8. The largest absolute Gasteiger partial charge is 0.542 e. The maximum Gasteiger partial charge on any atom is 0.416 e. The fraction of sp³-hybridized carbons (Fsp3) is 0.677. The van der Waals surface area contributed by atoms with Crippen LogP contribution in [0.5, 0.6) is 5.75 Å². The Labute approximate surface area is 525 Å². The Bertz CT molecular complexity index is 2700. The molecule has 2 aromatic rings. The first kappa shape index (κ1) is 71.4. The van der Waals surface area contributed by atoms with Crippen LogP contribution in [0.4, 0.5) is 25.8 Å². The molecule has 6 amide bonds. The number of fused-ring (bicyclic) bond motifs is 2. The third-order valence-corrected chi connectivity index (χ3v) is 34.7. The van der Waals surface area contributed by atoms with Gasteiger partial charge in [0, 0.05) is 24.8 Å². The van der Waals surface area contributed by atoms with Crippen LogP contribution in [-0.2, 0) is 34.8 Å². The second-order valence-corrected chi connectivity index (χ2v) is 45.9. The molecule has 1 aliphatic carbocycles. The van der Waals surface area contributed by atoms with E-state index in [0.717, 1.165) is 18.4 Å². The van der Waals surface area contributed by atoms with Crippen molar-refractivity contribution in [3.63, 3.8) is 0 Å². The van der Waals surface area contributed by atoms with E-state index < -0.39 is 89.7 Å². The first-order valence-corrected chi connectivity index (χ1v) is 39.3. The molecule has 0 radical (unpaired) electrons. The van der Waals surface area contributed by atoms with Crippen molar-refractivity contribution in [2.24, 2.45) is 11.3 Å². The molecule has 23 heteroatoms. The molecular weight excluding hydrogens is 1200 g/mol. The molecule has 1 saturated heterocycles. The molecule has 85 heavy (non-hydrogen) atoms. The van der Waals surface area contributed by atoms with Crippen molar-refractivity contribution in [2.75, 3.05) is 36.5 Å². The highest BCUT2D eigenvalue weighted by Gasteiger charge is 2.60. The minimum Gasteiger partial charge on any atom is -0.542 e. The molecule has 2 fully saturated rings. The van der Waals surface area contributed by atoms with Crippen LogP contribution in [0.3, 0.4) is 0 Å². The topological polar surface area (TPSA) is 194 Å². The first-order chi connectivity index (χ1) is 39.1. The Hall–Kier alpha value is -4.32. The first-order valence-electron chi connectivity index (χ1n) is 30.2. The van der Waals surface area contributed by atoms with E-state index in [2.05, 4.69) is 132 Å². The maximum absolute atomic E-state index is 15.3. The lowest BCUT2D eigenvalue weighted by Crippen LogP contribution is -2.58. The summed E-state index contributed by atoms with van der Waals surface area (Å²) < 4.78 is 31.6. The van der Waals surface area contributed by atoms with Gasteiger partial charge >= 0.3 is 18.3 Å². The van der Waals surface area contributed by atoms with Crippen molar-refractivity contribution in [3.05, 3.63) is 65.7 Å². The number of hydrogen-bond donors (Lipinski definition) is 3. The van der Waals surface area contributed by atoms with Gasteiger partial charge in [0.15, 0.2) is 22.8 Å². The quantitative estimate of drug-likeness (QED) is 0.0298. The fourth-order valence-electron chi connectivity index (χ4n) is 11.4. The summed E-state index contributed by atoms with van der Waals surface area (Å²) in [6, 6.07) is 8.05. The molecule has 2 heterocycles. The zero-order valence-corrected chi connectivity index (χ0v) is 59.4. The summed E-state index contributed by atoms with van der Waals surface area (Å²) in [5.41, 5.74) is 3.41. The molecule has 476 valence electrons. The van der Waals surface area contributed by atoms with Gasteiger partial charge in [-0.05, 0) is 126 Å². The van der Waals surface area contributed by atoms with Crippen LogP contribution < -0.4 is 25.3 Å². The highest BCUT2D eigenvalue weighted by molar-refractivity contribution is 6.79. The normalized spacial score (nSPS) is 17.9. The van der Waals surface area contributed by atoms with E-state index in [1.165, 1.54) is 6.08 Å². The molecule has 1 unspecified atom stereocenters. The number of nitrogens with zero attached hydrogens (tertiary/aromatic N) is 3. The third-order valence-electron chi connectivity index (χ3n) is 18.5. The van der Waals surface area contributed by atoms with Crippen LogP contribution in [0.1, 0.15) is 157 Å². The predicted octanol–water partition coefficient (Wildman–Crippen LogP) is 15.4. The average Bonchev–Trinajstić information content (AvgIpc) is 1.88. The third kappa shape index (κ3) is 17.3. The average molecular weight is 1300 g/mol. The number of aryl methyl sites for hydroxylation is 1. The van der Waals surface area contributed by atoms with Crippen LogP contribution in [0, 0.1) is 18.3 Å². The summed E-state index contributed by atoms with van der Waals surface area (Å²) >= 11 is 17.8. The monoisotopic (exact) mass is 1290 g/mol. The van der Waals surface area contributed by atoms with Gasteiger partial charge in [-0.2, -0.15) is 0 Å². The van der Waals surface area contributed by atoms with Gasteiger partial charge in [-0.3, -0.25) is 14.4 Å². The molecule has 1 saturated carbocycles. The minimum absolute atomic E-state index is 0.0193. The summed E-state index contributed by atoms with van der Waals surface area (Å²) in [7, 11) is -7.71. The van der Waals surface area contributed by atoms with Gasteiger partial charge in [0.25, 0.3) is 14.2 Å². The van der Waals surface area contributed by atoms with Crippen LogP contribution >= 0.6 is 34.8 Å². The van der Waals surface area contributed by atoms with Crippen LogP contribution in [-0.4, -0.2) is 125 Å². The Morgan fingerprint density at radius 3 is 1.94 bits per heavy atom. The second kappa shape index (κ2) is 28.0. The van der Waals surface area contributed by atoms with Crippen molar-refractivity contribution >= 4 is 107 Å². The standard InChI is InChI=1S/C62H99Cl3N6O11Si3/c1-21-32-78-56(75)68-51(39(2)3)53(73)67-47(24-22-23-31-70(83(17,18)59(11,12)13)57(76)80-38-62(63,64)65)52(72)66-45-27-25-44(26-28-45)36-79-58(77)71-48-34-50(81-85(40(4)5,41(6)7)42(8)9)43(10)33-46(48)54(74)69-37-61(29-30-61)35-49(69)55(71)82-84(19,20)60(14,15)16/h21,25-28,33-34,39-42,47,49,51,55H,1,22-24,29-32,35-38H2,2-20H3,(H,66,72)(H,67,73)(H,68,75)/t47-,49-,51-,55?/m0/s1. The SMILES string of the molecule is C=CCOC(=O)N[C@H](C(=O)N[C@@H](CCCCN(C(=O)OCC(Cl)(Cl)Cl)[Si](C)(C)C(C)(C)C)C(=O)Nc1ccc(COC(=O)N2c3cc(O[Si](C(C)C)(C(C)C)C(C)C)c(C)cc3C(=O)N3CC4(CC4)C[C@H]3C2O[Si](C)(C)C(C)(C)C)cc1)C(C)C. The number of nitrogens with one attached hydrogen (secondary N) is 3. The number of carbonyl (C=O) groups excluding carboxylic acids is 6. The van der Waals surface area contributed by atoms with Crippen molar-refractivity contribution in [1.82, 2.24) is 20.1 Å². The molecule has 17 nitrogen and oxygen atoms in total. The van der Waals surface area contributed by atoms with E-state index in [-0.39, 0.29) is 70.1 Å². The lowest BCUT2D eigenvalue weighted by Gasteiger charge is -2.45. The van der Waals surface area contributed by atoms with E-state index >= 15 is 9.59 Å². The molecule has 0 aromatic heterocycles. The molecule has 1 spiro atoms. The zero-order chi connectivity index (χ0) is 64.2. The second-order valence-electron chi connectivity index (χ2n) is 28.1. The number of benzene rings is 2. The van der Waals surface area contributed by atoms with Gasteiger partial charge in [0.2, 0.25) is 15.6 Å². The number of alkyl halides is 3. The molecular formula is C62H99Cl3N6O11Si3. The number of anilines is 2. The number of unbranched alkanes of at least 4 members (excludes halogenated alkanes) is 1. The molecule has 2 aliphatic heterocycles. The van der Waals surface area contributed by atoms with Crippen LogP contribution in [0.25, 0.3) is 0 Å². The number of halogens is 3. The lowest BCUT2D eigenvalue weighted by atomic mass is 10.0. The highest BCUT2D eigenvalue weighted by Crippen LogP contribution is 2.58. The molecule has 3 N–H and O–H groups in total. The van der Waals surface area contributed by atoms with Gasteiger partial charge in [0.1, 0.15) is 37.7 Å². The maximum atomic E-state index is 15.3. The number of carbonyl (C=O) groups is 6. The smallest absolute Gasteiger partial charge is 0.416 e. The summed E-state index contributed by atoms with van der Waals surface area (Å²) in [5, 5.41) is 7.91. The van der Waals surface area contributed by atoms with Gasteiger partial charge in [0.05, 0.1) is 17.3 Å². The molecule has 3 aliphatic rings. The van der Waals surface area contributed by atoms with Crippen molar-refractivity contribution in [2.45, 2.75) is 230 Å². The van der Waals surface area contributed by atoms with Crippen molar-refractivity contribution < 1.29 is 51.8 Å². The molecule has 5 rings (SSSR count). The fourth-order valence-corrected chi connectivity index (χ4v) is 20.2. The van der Waals surface area contributed by atoms with E-state index in [1.54, 1.807) is 47.6 Å². The van der Waals surface area contributed by atoms with E-state index in [4.69, 9.17) is 57.9 Å². The Balaban J connectivity index is 1.45. The van der Waals surface area contributed by atoms with E-state index in [0.29, 0.717) is 54.1 Å². The number of rotatable bonds is 24. The number of alkyl carbamates (subject to hydrolysis) is 1. The van der Waals surface area contributed by atoms with Gasteiger partial charge < -0.3 is 48.5 Å². The van der Waals surface area contributed by atoms with Gasteiger partial charge in [-0.1, -0.05) is 170 Å². The van der Waals surface area contributed by atoms with Crippen molar-refractivity contribution in [3.8, 4) is 5.75 Å². The summed E-state index contributed by atoms with van der Waals surface area (Å²) in [5.74, 6) is -1.01. The minimum atomic E-state index is -2.65. The van der Waals surface area contributed by atoms with E-state index in [9.17, 15) is 19.2 Å². The molecule has 0 bridgehead atoms. The lowest BCUT2D eigenvalue weighted by molar-refractivity contribution is -0.128. The summed E-state index contributed by atoms with van der Waals surface area (Å²) in [4.78, 5) is 88.6. The Morgan fingerprint density at radius 2 is 1.42 bits per heavy atom. The number of ether oxygens (including phenoxy) is 3. The highest BCUT2D eigenvalue weighted by atomic mass is 35.6. The van der Waals surface area contributed by atoms with E-state index in [1.807, 2.05) is 24.0 Å². The Kier molecular flexibility index (Phi) is 23.5. The zero-order valence-electron chi connectivity index (χ0n) is 54.1. The van der Waals surface area contributed by atoms with Gasteiger partial charge in [-0.25, -0.2) is 19.3 Å². The predicted molar refractivity (Wildman–Crippen MR) is 348 cm³/mol. The molecule has 4 atom stereocenters. The van der Waals surface area contributed by atoms with Crippen LogP contribution in [0.2, 0.25) is 52.9 Å². The van der Waals surface area contributed by atoms with Crippen molar-refractivity contribution in [1.29, 1.82) is 0 Å². The van der Waals surface area contributed by atoms with Crippen LogP contribution in [0.15, 0.2) is 49.1 Å². The van der Waals surface area contributed by atoms with Gasteiger partial charge in [-0.15, -0.1) is 0 Å². The molecule has 2 aromatic carbocycles.